The molecule has 1 aliphatic rings. The maximum atomic E-state index is 9.12. The highest BCUT2D eigenvalue weighted by atomic mass is 16.6. The summed E-state index contributed by atoms with van der Waals surface area (Å²) in [6, 6.07) is 5.86. The monoisotopic (exact) mass is 162 g/mol. The molecule has 0 amide bonds. The van der Waals surface area contributed by atoms with E-state index in [1.165, 1.54) is 5.56 Å². The van der Waals surface area contributed by atoms with Crippen LogP contribution in [0.5, 0.6) is 5.75 Å². The molecule has 2 rings (SSSR count). The Bertz CT molecular complexity index is 329. The molecule has 1 unspecified atom stereocenters. The van der Waals surface area contributed by atoms with Gasteiger partial charge in [0, 0.05) is 5.56 Å². The molecule has 0 aromatic heterocycles. The first-order valence-electron chi connectivity index (χ1n) is 3.89. The third-order valence-corrected chi connectivity index (χ3v) is 1.85. The summed E-state index contributed by atoms with van der Waals surface area (Å²) < 4.78 is 5.16. The molecule has 1 N–H and O–H groups in total. The molecule has 1 aromatic rings. The van der Waals surface area contributed by atoms with Gasteiger partial charge in [0.2, 0.25) is 6.29 Å². The van der Waals surface area contributed by atoms with Gasteiger partial charge in [-0.25, -0.2) is 0 Å². The van der Waals surface area contributed by atoms with Gasteiger partial charge in [0.1, 0.15) is 5.75 Å². The molecule has 0 saturated carbocycles. The van der Waals surface area contributed by atoms with E-state index >= 15 is 0 Å². The van der Waals surface area contributed by atoms with Crippen LogP contribution in [0.1, 0.15) is 11.1 Å². The van der Waals surface area contributed by atoms with Crippen molar-refractivity contribution in [2.75, 3.05) is 0 Å². The maximum Gasteiger partial charge on any atom is 0.217 e. The topological polar surface area (TPSA) is 29.5 Å². The fourth-order valence-corrected chi connectivity index (χ4v) is 1.26. The molecule has 0 aliphatic carbocycles. The molecule has 0 spiro atoms. The highest BCUT2D eigenvalue weighted by Gasteiger charge is 2.10. The smallest absolute Gasteiger partial charge is 0.217 e. The number of rotatable bonds is 0. The number of hydrogen-bond donors (Lipinski definition) is 1. The highest BCUT2D eigenvalue weighted by molar-refractivity contribution is 5.60. The summed E-state index contributed by atoms with van der Waals surface area (Å²) in [5.41, 5.74) is 2.22. The lowest BCUT2D eigenvalue weighted by atomic mass is 10.1. The van der Waals surface area contributed by atoms with Crippen LogP contribution in [0.2, 0.25) is 0 Å². The van der Waals surface area contributed by atoms with E-state index in [1.54, 1.807) is 6.08 Å². The second-order valence-corrected chi connectivity index (χ2v) is 2.91. The average Bonchev–Trinajstić information content (AvgIpc) is 2.05. The van der Waals surface area contributed by atoms with E-state index in [0.717, 1.165) is 11.3 Å². The first-order chi connectivity index (χ1) is 5.75. The van der Waals surface area contributed by atoms with Crippen LogP contribution in [0.25, 0.3) is 6.08 Å². The minimum Gasteiger partial charge on any atom is -0.461 e. The summed E-state index contributed by atoms with van der Waals surface area (Å²) in [7, 11) is 0. The summed E-state index contributed by atoms with van der Waals surface area (Å²) in [6.07, 6.45) is 2.71. The zero-order chi connectivity index (χ0) is 8.55. The van der Waals surface area contributed by atoms with Crippen molar-refractivity contribution in [3.63, 3.8) is 0 Å². The van der Waals surface area contributed by atoms with E-state index in [0.29, 0.717) is 0 Å². The summed E-state index contributed by atoms with van der Waals surface area (Å²) in [5.74, 6) is 0.746. The van der Waals surface area contributed by atoms with Crippen LogP contribution in [0, 0.1) is 6.92 Å². The number of aliphatic hydroxyl groups excluding tert-OH is 1. The van der Waals surface area contributed by atoms with Crippen molar-refractivity contribution >= 4 is 6.08 Å². The first-order valence-corrected chi connectivity index (χ1v) is 3.89. The molecule has 2 nitrogen and oxygen atoms in total. The van der Waals surface area contributed by atoms with Crippen LogP contribution in [0.3, 0.4) is 0 Å². The van der Waals surface area contributed by atoms with E-state index in [2.05, 4.69) is 0 Å². The number of benzene rings is 1. The molecule has 0 radical (unpaired) electrons. The molecule has 1 atom stereocenters. The number of aryl methyl sites for hydroxylation is 1. The molecule has 1 aliphatic heterocycles. The van der Waals surface area contributed by atoms with Gasteiger partial charge in [0.05, 0.1) is 0 Å². The van der Waals surface area contributed by atoms with E-state index in [1.807, 2.05) is 31.2 Å². The number of hydrogen-bond acceptors (Lipinski definition) is 2. The van der Waals surface area contributed by atoms with Gasteiger partial charge in [0.25, 0.3) is 0 Å². The normalized spacial score (nSPS) is 20.0. The second kappa shape index (κ2) is 2.64. The van der Waals surface area contributed by atoms with Gasteiger partial charge >= 0.3 is 0 Å². The van der Waals surface area contributed by atoms with Crippen molar-refractivity contribution in [1.82, 2.24) is 0 Å². The zero-order valence-electron chi connectivity index (χ0n) is 6.82. The minimum atomic E-state index is -0.791. The van der Waals surface area contributed by atoms with E-state index in [-0.39, 0.29) is 0 Å². The van der Waals surface area contributed by atoms with Gasteiger partial charge in [-0.05, 0) is 31.2 Å². The molecule has 1 heterocycles. The standard InChI is InChI=1S/C10H10O2/c1-7-2-4-9-8(6-7)3-5-10(11)12-9/h2-6,10-11H,1H3. The van der Waals surface area contributed by atoms with Gasteiger partial charge < -0.3 is 9.84 Å². The summed E-state index contributed by atoms with van der Waals surface area (Å²) in [6.45, 7) is 2.03. The third-order valence-electron chi connectivity index (χ3n) is 1.85. The number of ether oxygens (including phenoxy) is 1. The van der Waals surface area contributed by atoms with Crippen LogP contribution in [0.15, 0.2) is 24.3 Å². The molecule has 62 valence electrons. The van der Waals surface area contributed by atoms with Crippen molar-refractivity contribution in [2.24, 2.45) is 0 Å². The summed E-state index contributed by atoms with van der Waals surface area (Å²) in [4.78, 5) is 0. The molecule has 2 heteroatoms. The lowest BCUT2D eigenvalue weighted by Gasteiger charge is -2.16. The Kier molecular flexibility index (Phi) is 1.62. The predicted molar refractivity (Wildman–Crippen MR) is 46.8 cm³/mol. The van der Waals surface area contributed by atoms with Crippen molar-refractivity contribution in [3.8, 4) is 5.75 Å². The molecular weight excluding hydrogens is 152 g/mol. The molecule has 12 heavy (non-hydrogen) atoms. The first kappa shape index (κ1) is 7.37. The zero-order valence-corrected chi connectivity index (χ0v) is 6.82. The Balaban J connectivity index is 2.47. The van der Waals surface area contributed by atoms with Gasteiger partial charge in [-0.15, -0.1) is 0 Å². The number of aliphatic hydroxyl groups is 1. The summed E-state index contributed by atoms with van der Waals surface area (Å²) in [5, 5.41) is 9.12. The van der Waals surface area contributed by atoms with Crippen molar-refractivity contribution < 1.29 is 9.84 Å². The second-order valence-electron chi connectivity index (χ2n) is 2.91. The van der Waals surface area contributed by atoms with Gasteiger partial charge in [-0.1, -0.05) is 11.6 Å². The van der Waals surface area contributed by atoms with Crippen LogP contribution in [-0.2, 0) is 0 Å². The minimum absolute atomic E-state index is 0.746. The highest BCUT2D eigenvalue weighted by Crippen LogP contribution is 2.25. The fraction of sp³-hybridized carbons (Fsp3) is 0.200. The van der Waals surface area contributed by atoms with Gasteiger partial charge in [-0.3, -0.25) is 0 Å². The Morgan fingerprint density at radius 3 is 3.08 bits per heavy atom. The molecule has 1 aromatic carbocycles. The lowest BCUT2D eigenvalue weighted by molar-refractivity contribution is 0.0231. The van der Waals surface area contributed by atoms with Crippen LogP contribution >= 0.6 is 0 Å². The summed E-state index contributed by atoms with van der Waals surface area (Å²) >= 11 is 0. The Morgan fingerprint density at radius 2 is 2.25 bits per heavy atom. The molecular formula is C10H10O2. The SMILES string of the molecule is Cc1ccc2c(c1)C=CC(O)O2. The van der Waals surface area contributed by atoms with Crippen molar-refractivity contribution in [1.29, 1.82) is 0 Å². The van der Waals surface area contributed by atoms with Crippen LogP contribution in [0.4, 0.5) is 0 Å². The Labute approximate surface area is 71.1 Å². The predicted octanol–water partition coefficient (Wildman–Crippen LogP) is 1.72. The Hall–Kier alpha value is -1.28. The maximum absolute atomic E-state index is 9.12. The third kappa shape index (κ3) is 1.21. The van der Waals surface area contributed by atoms with Gasteiger partial charge in [0.15, 0.2) is 0 Å². The Morgan fingerprint density at radius 1 is 1.42 bits per heavy atom. The number of fused-ring (bicyclic) bond motifs is 1. The van der Waals surface area contributed by atoms with Crippen molar-refractivity contribution in [2.45, 2.75) is 13.2 Å². The van der Waals surface area contributed by atoms with E-state index in [9.17, 15) is 0 Å². The van der Waals surface area contributed by atoms with Gasteiger partial charge in [-0.2, -0.15) is 0 Å². The van der Waals surface area contributed by atoms with Crippen molar-refractivity contribution in [3.05, 3.63) is 35.4 Å². The quantitative estimate of drug-likeness (QED) is 0.629. The molecule has 0 bridgehead atoms. The lowest BCUT2D eigenvalue weighted by Crippen LogP contribution is -2.15. The van der Waals surface area contributed by atoms with E-state index in [4.69, 9.17) is 9.84 Å². The van der Waals surface area contributed by atoms with Crippen LogP contribution < -0.4 is 4.74 Å². The largest absolute Gasteiger partial charge is 0.461 e. The average molecular weight is 162 g/mol. The van der Waals surface area contributed by atoms with Crippen LogP contribution in [-0.4, -0.2) is 11.4 Å². The van der Waals surface area contributed by atoms with E-state index < -0.39 is 6.29 Å². The fourth-order valence-electron chi connectivity index (χ4n) is 1.26. The molecule has 0 fully saturated rings. The molecule has 0 saturated heterocycles.